The second-order valence-electron chi connectivity index (χ2n) is 7.30. The van der Waals surface area contributed by atoms with Crippen LogP contribution in [0, 0.1) is 0 Å². The number of nitrogens with zero attached hydrogens (tertiary/aromatic N) is 5. The van der Waals surface area contributed by atoms with Gasteiger partial charge in [0.05, 0.1) is 5.52 Å². The van der Waals surface area contributed by atoms with Crippen molar-refractivity contribution < 1.29 is 0 Å². The average Bonchev–Trinajstić information content (AvgIpc) is 2.74. The molecule has 0 N–H and O–H groups in total. The van der Waals surface area contributed by atoms with E-state index >= 15 is 0 Å². The fourth-order valence-electron chi connectivity index (χ4n) is 3.79. The van der Waals surface area contributed by atoms with Gasteiger partial charge in [-0.15, -0.1) is 0 Å². The van der Waals surface area contributed by atoms with Crippen LogP contribution in [0.3, 0.4) is 0 Å². The predicted octanol–water partition coefficient (Wildman–Crippen LogP) is 3.86. The molecule has 1 saturated heterocycles. The quantitative estimate of drug-likeness (QED) is 0.690. The fraction of sp³-hybridized carbons (Fsp3) is 0.409. The van der Waals surface area contributed by atoms with Crippen molar-refractivity contribution in [2.24, 2.45) is 0 Å². The fourth-order valence-corrected chi connectivity index (χ4v) is 3.79. The van der Waals surface area contributed by atoms with Crippen LogP contribution in [-0.4, -0.2) is 46.0 Å². The summed E-state index contributed by atoms with van der Waals surface area (Å²) in [4.78, 5) is 18.5. The van der Waals surface area contributed by atoms with Crippen molar-refractivity contribution >= 4 is 16.9 Å². The molecule has 0 spiro atoms. The number of aromatic nitrogens is 3. The number of pyridine rings is 1. The first-order chi connectivity index (χ1) is 13.2. The van der Waals surface area contributed by atoms with Crippen LogP contribution in [0.15, 0.2) is 48.9 Å². The number of piperazine rings is 1. The van der Waals surface area contributed by atoms with Crippen molar-refractivity contribution in [3.63, 3.8) is 0 Å². The van der Waals surface area contributed by atoms with Gasteiger partial charge >= 0.3 is 0 Å². The molecule has 0 amide bonds. The van der Waals surface area contributed by atoms with Crippen LogP contribution in [0.25, 0.3) is 10.9 Å². The molecule has 3 heterocycles. The summed E-state index contributed by atoms with van der Waals surface area (Å²) < 4.78 is 0. The lowest BCUT2D eigenvalue weighted by Gasteiger charge is -2.38. The number of hydrogen-bond donors (Lipinski definition) is 0. The molecule has 1 fully saturated rings. The minimum absolute atomic E-state index is 0.381. The highest BCUT2D eigenvalue weighted by atomic mass is 15.3. The lowest BCUT2D eigenvalue weighted by molar-refractivity contribution is 0.198. The van der Waals surface area contributed by atoms with Gasteiger partial charge in [0.25, 0.3) is 0 Å². The maximum Gasteiger partial charge on any atom is 0.225 e. The Labute approximate surface area is 161 Å². The molecule has 0 radical (unpaired) electrons. The third-order valence-corrected chi connectivity index (χ3v) is 5.49. The van der Waals surface area contributed by atoms with Crippen LogP contribution >= 0.6 is 0 Å². The number of benzene rings is 1. The molecule has 5 nitrogen and oxygen atoms in total. The van der Waals surface area contributed by atoms with Crippen LogP contribution in [0.4, 0.5) is 5.95 Å². The van der Waals surface area contributed by atoms with Crippen LogP contribution in [0.1, 0.15) is 37.4 Å². The number of anilines is 1. The minimum atomic E-state index is 0.381. The summed E-state index contributed by atoms with van der Waals surface area (Å²) >= 11 is 0. The number of fused-ring (bicyclic) bond motifs is 1. The SMILES string of the molecule is CCCc1cnc(N2CCN(C(C)c3ccc4cccnc4c3)CC2)nc1. The number of aryl methyl sites for hydroxylation is 1. The normalized spacial score (nSPS) is 16.6. The Bertz CT molecular complexity index is 885. The van der Waals surface area contributed by atoms with Crippen molar-refractivity contribution in [2.75, 3.05) is 31.1 Å². The molecule has 0 saturated carbocycles. The van der Waals surface area contributed by atoms with E-state index < -0.39 is 0 Å². The Morgan fingerprint density at radius 1 is 1.00 bits per heavy atom. The average molecular weight is 361 g/mol. The highest BCUT2D eigenvalue weighted by molar-refractivity contribution is 5.78. The summed E-state index contributed by atoms with van der Waals surface area (Å²) in [7, 11) is 0. The van der Waals surface area contributed by atoms with Crippen molar-refractivity contribution in [3.05, 3.63) is 60.0 Å². The van der Waals surface area contributed by atoms with E-state index in [1.807, 2.05) is 24.7 Å². The van der Waals surface area contributed by atoms with Gasteiger partial charge in [-0.3, -0.25) is 9.88 Å². The van der Waals surface area contributed by atoms with Gasteiger partial charge in [0.2, 0.25) is 5.95 Å². The molecule has 27 heavy (non-hydrogen) atoms. The third kappa shape index (κ3) is 3.93. The van der Waals surface area contributed by atoms with Gasteiger partial charge in [-0.05, 0) is 36.6 Å². The molecule has 1 aliphatic rings. The molecular formula is C22H27N5. The molecule has 140 valence electrons. The predicted molar refractivity (Wildman–Crippen MR) is 110 cm³/mol. The Morgan fingerprint density at radius 2 is 1.78 bits per heavy atom. The Balaban J connectivity index is 1.40. The Hall–Kier alpha value is -2.53. The second-order valence-corrected chi connectivity index (χ2v) is 7.30. The van der Waals surface area contributed by atoms with Gasteiger partial charge in [0.15, 0.2) is 0 Å². The maximum atomic E-state index is 4.57. The molecule has 4 rings (SSSR count). The molecule has 1 aromatic carbocycles. The topological polar surface area (TPSA) is 45.2 Å². The lowest BCUT2D eigenvalue weighted by atomic mass is 10.0. The number of rotatable bonds is 5. The molecule has 5 heteroatoms. The van der Waals surface area contributed by atoms with Gasteiger partial charge in [-0.2, -0.15) is 0 Å². The van der Waals surface area contributed by atoms with E-state index in [-0.39, 0.29) is 0 Å². The zero-order valence-electron chi connectivity index (χ0n) is 16.2. The Morgan fingerprint density at radius 3 is 2.52 bits per heavy atom. The highest BCUT2D eigenvalue weighted by Crippen LogP contribution is 2.25. The van der Waals surface area contributed by atoms with Crippen molar-refractivity contribution in [1.82, 2.24) is 19.9 Å². The summed E-state index contributed by atoms with van der Waals surface area (Å²) in [6.07, 6.45) is 7.99. The summed E-state index contributed by atoms with van der Waals surface area (Å²) in [5.41, 5.74) is 3.62. The maximum absolute atomic E-state index is 4.57. The van der Waals surface area contributed by atoms with Crippen molar-refractivity contribution in [3.8, 4) is 0 Å². The van der Waals surface area contributed by atoms with E-state index in [4.69, 9.17) is 0 Å². The van der Waals surface area contributed by atoms with Gasteiger partial charge < -0.3 is 4.90 Å². The molecule has 1 atom stereocenters. The van der Waals surface area contributed by atoms with Crippen LogP contribution in [0.2, 0.25) is 0 Å². The van der Waals surface area contributed by atoms with Gasteiger partial charge in [0.1, 0.15) is 0 Å². The standard InChI is InChI=1S/C22H27N5/c1-3-5-18-15-24-22(25-16-18)27-12-10-26(11-13-27)17(2)20-8-7-19-6-4-9-23-21(19)14-20/h4,6-9,14-17H,3,5,10-13H2,1-2H3. The first kappa shape index (κ1) is 17.9. The van der Waals surface area contributed by atoms with Crippen LogP contribution < -0.4 is 4.90 Å². The molecular weight excluding hydrogens is 334 g/mol. The summed E-state index contributed by atoms with van der Waals surface area (Å²) in [6.45, 7) is 8.42. The number of hydrogen-bond acceptors (Lipinski definition) is 5. The molecule has 0 aliphatic carbocycles. The molecule has 3 aromatic rings. The minimum Gasteiger partial charge on any atom is -0.338 e. The molecule has 1 aliphatic heterocycles. The summed E-state index contributed by atoms with van der Waals surface area (Å²) in [5, 5.41) is 1.20. The first-order valence-corrected chi connectivity index (χ1v) is 9.89. The zero-order chi connectivity index (χ0) is 18.6. The van der Waals surface area contributed by atoms with Crippen LogP contribution in [-0.2, 0) is 6.42 Å². The smallest absolute Gasteiger partial charge is 0.225 e. The van der Waals surface area contributed by atoms with Crippen molar-refractivity contribution in [1.29, 1.82) is 0 Å². The second kappa shape index (κ2) is 8.01. The van der Waals surface area contributed by atoms with Gasteiger partial charge in [-0.25, -0.2) is 9.97 Å². The van der Waals surface area contributed by atoms with E-state index in [1.165, 1.54) is 16.5 Å². The van der Waals surface area contributed by atoms with E-state index in [0.29, 0.717) is 6.04 Å². The monoisotopic (exact) mass is 361 g/mol. The summed E-state index contributed by atoms with van der Waals surface area (Å²) in [5.74, 6) is 0.858. The van der Waals surface area contributed by atoms with E-state index in [9.17, 15) is 0 Å². The molecule has 1 unspecified atom stereocenters. The molecule has 2 aromatic heterocycles. The van der Waals surface area contributed by atoms with E-state index in [0.717, 1.165) is 50.5 Å². The van der Waals surface area contributed by atoms with E-state index in [1.54, 1.807) is 0 Å². The first-order valence-electron chi connectivity index (χ1n) is 9.89. The van der Waals surface area contributed by atoms with Crippen molar-refractivity contribution in [2.45, 2.75) is 32.7 Å². The Kier molecular flexibility index (Phi) is 5.30. The van der Waals surface area contributed by atoms with Gasteiger partial charge in [0, 0.05) is 56.2 Å². The van der Waals surface area contributed by atoms with E-state index in [2.05, 4.69) is 62.9 Å². The van der Waals surface area contributed by atoms with Crippen LogP contribution in [0.5, 0.6) is 0 Å². The zero-order valence-corrected chi connectivity index (χ0v) is 16.2. The summed E-state index contributed by atoms with van der Waals surface area (Å²) in [6, 6.07) is 11.1. The lowest BCUT2D eigenvalue weighted by Crippen LogP contribution is -2.47. The third-order valence-electron chi connectivity index (χ3n) is 5.49. The van der Waals surface area contributed by atoms with Gasteiger partial charge in [-0.1, -0.05) is 31.5 Å². The molecule has 0 bridgehead atoms. The highest BCUT2D eigenvalue weighted by Gasteiger charge is 2.23. The largest absolute Gasteiger partial charge is 0.338 e.